The number of aliphatic hydroxyl groups excluding tert-OH is 2. The normalized spacial score (nSPS) is 12.6. The minimum absolute atomic E-state index is 0.0172. The summed E-state index contributed by atoms with van der Waals surface area (Å²) in [5.74, 6) is 0. The van der Waals surface area contributed by atoms with Gasteiger partial charge in [-0.2, -0.15) is 0 Å². The number of rotatable bonds is 6. The first-order valence-electron chi connectivity index (χ1n) is 6.43. The Balaban J connectivity index is 2.19. The van der Waals surface area contributed by atoms with Gasteiger partial charge in [0.15, 0.2) is 0 Å². The molecule has 2 aromatic carbocycles. The second-order valence-electron chi connectivity index (χ2n) is 4.50. The maximum absolute atomic E-state index is 9.49. The van der Waals surface area contributed by atoms with Gasteiger partial charge in [0.25, 0.3) is 0 Å². The van der Waals surface area contributed by atoms with Crippen LogP contribution in [0.15, 0.2) is 60.7 Å². The largest absolute Gasteiger partial charge is 0.394 e. The Kier molecular flexibility index (Phi) is 5.10. The monoisotopic (exact) mass is 257 g/mol. The minimum atomic E-state index is -0.741. The van der Waals surface area contributed by atoms with E-state index in [1.807, 2.05) is 36.4 Å². The molecule has 0 amide bonds. The van der Waals surface area contributed by atoms with Gasteiger partial charge >= 0.3 is 0 Å². The third-order valence-corrected chi connectivity index (χ3v) is 3.03. The number of nitrogens with one attached hydrogen (secondary N) is 1. The number of hydrogen-bond acceptors (Lipinski definition) is 3. The summed E-state index contributed by atoms with van der Waals surface area (Å²) < 4.78 is 0. The Bertz CT molecular complexity index is 433. The van der Waals surface area contributed by atoms with Crippen molar-refractivity contribution >= 4 is 0 Å². The summed E-state index contributed by atoms with van der Waals surface area (Å²) in [4.78, 5) is 0. The first-order chi connectivity index (χ1) is 9.31. The summed E-state index contributed by atoms with van der Waals surface area (Å²) in [5, 5.41) is 21.7. The van der Waals surface area contributed by atoms with Crippen molar-refractivity contribution in [2.45, 2.75) is 12.1 Å². The van der Waals surface area contributed by atoms with E-state index in [-0.39, 0.29) is 12.6 Å². The van der Waals surface area contributed by atoms with Crippen molar-refractivity contribution < 1.29 is 10.2 Å². The highest BCUT2D eigenvalue weighted by Gasteiger charge is 2.14. The highest BCUT2D eigenvalue weighted by molar-refractivity contribution is 5.31. The van der Waals surface area contributed by atoms with Gasteiger partial charge in [0.2, 0.25) is 0 Å². The Morgan fingerprint density at radius 1 is 0.842 bits per heavy atom. The molecule has 0 aromatic heterocycles. The number of aliphatic hydroxyl groups is 2. The van der Waals surface area contributed by atoms with Crippen LogP contribution in [0.3, 0.4) is 0 Å². The van der Waals surface area contributed by atoms with Gasteiger partial charge in [-0.25, -0.2) is 0 Å². The van der Waals surface area contributed by atoms with E-state index in [9.17, 15) is 5.11 Å². The molecule has 2 aromatic rings. The lowest BCUT2D eigenvalue weighted by molar-refractivity contribution is 0.0929. The molecular formula is C16H19NO2. The van der Waals surface area contributed by atoms with Crippen molar-refractivity contribution in [3.05, 3.63) is 71.8 Å². The van der Waals surface area contributed by atoms with Crippen LogP contribution in [-0.2, 0) is 0 Å². The molecule has 0 bridgehead atoms. The van der Waals surface area contributed by atoms with Gasteiger partial charge < -0.3 is 15.5 Å². The standard InChI is InChI=1S/C16H19NO2/c18-12-15(19)11-17-16(13-7-3-1-4-8-13)14-9-5-2-6-10-14/h1-10,15-19H,11-12H2/t15-/m1/s1. The Morgan fingerprint density at radius 2 is 1.32 bits per heavy atom. The zero-order valence-corrected chi connectivity index (χ0v) is 10.7. The molecular weight excluding hydrogens is 238 g/mol. The molecule has 0 aliphatic carbocycles. The van der Waals surface area contributed by atoms with Crippen LogP contribution >= 0.6 is 0 Å². The molecule has 3 heteroatoms. The van der Waals surface area contributed by atoms with Crippen molar-refractivity contribution in [1.82, 2.24) is 5.32 Å². The third-order valence-electron chi connectivity index (χ3n) is 3.03. The van der Waals surface area contributed by atoms with Crippen molar-refractivity contribution in [2.24, 2.45) is 0 Å². The number of hydrogen-bond donors (Lipinski definition) is 3. The first kappa shape index (κ1) is 13.7. The molecule has 0 radical (unpaired) electrons. The molecule has 0 spiro atoms. The van der Waals surface area contributed by atoms with Crippen LogP contribution in [0.5, 0.6) is 0 Å². The summed E-state index contributed by atoms with van der Waals surface area (Å²) in [6.45, 7) is 0.119. The van der Waals surface area contributed by atoms with Gasteiger partial charge in [0.05, 0.1) is 18.8 Å². The average molecular weight is 257 g/mol. The van der Waals surface area contributed by atoms with E-state index in [1.54, 1.807) is 0 Å². The highest BCUT2D eigenvalue weighted by Crippen LogP contribution is 2.21. The molecule has 19 heavy (non-hydrogen) atoms. The molecule has 0 aliphatic rings. The maximum Gasteiger partial charge on any atom is 0.0895 e. The van der Waals surface area contributed by atoms with E-state index in [0.29, 0.717) is 6.54 Å². The average Bonchev–Trinajstić information content (AvgIpc) is 2.49. The van der Waals surface area contributed by atoms with Crippen molar-refractivity contribution in [1.29, 1.82) is 0 Å². The zero-order valence-electron chi connectivity index (χ0n) is 10.7. The topological polar surface area (TPSA) is 52.5 Å². The van der Waals surface area contributed by atoms with Gasteiger partial charge in [0.1, 0.15) is 0 Å². The Labute approximate surface area is 113 Å². The fraction of sp³-hybridized carbons (Fsp3) is 0.250. The molecule has 3 N–H and O–H groups in total. The Hall–Kier alpha value is -1.68. The SMILES string of the molecule is OC[C@H](O)CNC(c1ccccc1)c1ccccc1. The van der Waals surface area contributed by atoms with Crippen molar-refractivity contribution in [3.63, 3.8) is 0 Å². The molecule has 0 aliphatic heterocycles. The Morgan fingerprint density at radius 3 is 1.74 bits per heavy atom. The summed E-state index contributed by atoms with van der Waals surface area (Å²) in [5.41, 5.74) is 2.28. The predicted octanol–water partition coefficient (Wildman–Crippen LogP) is 1.72. The van der Waals surface area contributed by atoms with Gasteiger partial charge in [-0.15, -0.1) is 0 Å². The molecule has 1 atom stereocenters. The minimum Gasteiger partial charge on any atom is -0.394 e. The molecule has 0 saturated carbocycles. The fourth-order valence-electron chi connectivity index (χ4n) is 2.04. The first-order valence-corrected chi connectivity index (χ1v) is 6.43. The lowest BCUT2D eigenvalue weighted by Crippen LogP contribution is -2.32. The second-order valence-corrected chi connectivity index (χ2v) is 4.50. The zero-order chi connectivity index (χ0) is 13.5. The second kappa shape index (κ2) is 7.04. The van der Waals surface area contributed by atoms with Crippen molar-refractivity contribution in [2.75, 3.05) is 13.2 Å². The highest BCUT2D eigenvalue weighted by atomic mass is 16.3. The van der Waals surface area contributed by atoms with Gasteiger partial charge in [-0.3, -0.25) is 0 Å². The van der Waals surface area contributed by atoms with Gasteiger partial charge in [0, 0.05) is 6.54 Å². The third kappa shape index (κ3) is 3.89. The molecule has 0 heterocycles. The molecule has 0 saturated heterocycles. The predicted molar refractivity (Wildman–Crippen MR) is 75.8 cm³/mol. The van der Waals surface area contributed by atoms with E-state index in [2.05, 4.69) is 29.6 Å². The quantitative estimate of drug-likeness (QED) is 0.738. The number of benzene rings is 2. The van der Waals surface area contributed by atoms with E-state index >= 15 is 0 Å². The van der Waals surface area contributed by atoms with Crippen LogP contribution in [0.25, 0.3) is 0 Å². The summed E-state index contributed by atoms with van der Waals surface area (Å²) in [6, 6.07) is 20.2. The van der Waals surface area contributed by atoms with Crippen LogP contribution in [-0.4, -0.2) is 29.5 Å². The van der Waals surface area contributed by atoms with Crippen LogP contribution in [0, 0.1) is 0 Å². The van der Waals surface area contributed by atoms with Gasteiger partial charge in [-0.05, 0) is 11.1 Å². The molecule has 0 unspecified atom stereocenters. The van der Waals surface area contributed by atoms with E-state index in [1.165, 1.54) is 0 Å². The van der Waals surface area contributed by atoms with Crippen LogP contribution in [0.2, 0.25) is 0 Å². The smallest absolute Gasteiger partial charge is 0.0895 e. The maximum atomic E-state index is 9.49. The van der Waals surface area contributed by atoms with Crippen LogP contribution in [0.4, 0.5) is 0 Å². The van der Waals surface area contributed by atoms with E-state index < -0.39 is 6.10 Å². The molecule has 100 valence electrons. The van der Waals surface area contributed by atoms with E-state index in [4.69, 9.17) is 5.11 Å². The van der Waals surface area contributed by atoms with Crippen LogP contribution < -0.4 is 5.32 Å². The lowest BCUT2D eigenvalue weighted by Gasteiger charge is -2.21. The van der Waals surface area contributed by atoms with Crippen LogP contribution in [0.1, 0.15) is 17.2 Å². The molecule has 0 fully saturated rings. The van der Waals surface area contributed by atoms with Crippen molar-refractivity contribution in [3.8, 4) is 0 Å². The van der Waals surface area contributed by atoms with Gasteiger partial charge in [-0.1, -0.05) is 60.7 Å². The summed E-state index contributed by atoms with van der Waals surface area (Å²) in [7, 11) is 0. The molecule has 3 nitrogen and oxygen atoms in total. The summed E-state index contributed by atoms with van der Waals surface area (Å²) >= 11 is 0. The summed E-state index contributed by atoms with van der Waals surface area (Å²) in [6.07, 6.45) is -0.741. The molecule has 2 rings (SSSR count). The lowest BCUT2D eigenvalue weighted by atomic mass is 9.98. The fourth-order valence-corrected chi connectivity index (χ4v) is 2.04. The van der Waals surface area contributed by atoms with E-state index in [0.717, 1.165) is 11.1 Å².